The van der Waals surface area contributed by atoms with Gasteiger partial charge in [-0.1, -0.05) is 0 Å². The van der Waals surface area contributed by atoms with Crippen molar-refractivity contribution in [1.29, 1.82) is 0 Å². The molecule has 1 atom stereocenters. The molecule has 1 amide bonds. The second-order valence-electron chi connectivity index (χ2n) is 4.45. The number of nitrogens with zero attached hydrogens (tertiary/aromatic N) is 2. The van der Waals surface area contributed by atoms with Gasteiger partial charge in [0.2, 0.25) is 5.91 Å². The molecule has 1 aromatic rings. The molecule has 1 saturated heterocycles. The van der Waals surface area contributed by atoms with E-state index in [0.717, 1.165) is 25.3 Å². The molecule has 0 radical (unpaired) electrons. The van der Waals surface area contributed by atoms with Crippen molar-refractivity contribution < 1.29 is 4.79 Å². The zero-order valence-electron chi connectivity index (χ0n) is 9.91. The number of hydrogen-bond acceptors (Lipinski definition) is 4. The standard InChI is InChI=1S/C11H19N5O/c17-11(6-9-2-1-4-12-7-9)13-5-3-10-14-8-15-16-10/h8-9,12H,1-7H2,(H,13,17)(H,14,15,16). The van der Waals surface area contributed by atoms with Crippen LogP contribution in [0.15, 0.2) is 6.33 Å². The smallest absolute Gasteiger partial charge is 0.220 e. The second kappa shape index (κ2) is 6.34. The van der Waals surface area contributed by atoms with Gasteiger partial charge in [-0.05, 0) is 31.8 Å². The molecular weight excluding hydrogens is 218 g/mol. The first kappa shape index (κ1) is 12.0. The first-order chi connectivity index (χ1) is 8.34. The van der Waals surface area contributed by atoms with Crippen LogP contribution in [0.3, 0.4) is 0 Å². The van der Waals surface area contributed by atoms with Gasteiger partial charge < -0.3 is 10.6 Å². The minimum absolute atomic E-state index is 0.137. The number of amides is 1. The van der Waals surface area contributed by atoms with Gasteiger partial charge in [0.15, 0.2) is 0 Å². The molecule has 0 saturated carbocycles. The first-order valence-corrected chi connectivity index (χ1v) is 6.16. The van der Waals surface area contributed by atoms with Gasteiger partial charge in [-0.3, -0.25) is 9.89 Å². The Hall–Kier alpha value is -1.43. The van der Waals surface area contributed by atoms with Crippen LogP contribution in [-0.4, -0.2) is 40.7 Å². The van der Waals surface area contributed by atoms with E-state index in [1.807, 2.05) is 0 Å². The minimum Gasteiger partial charge on any atom is -0.356 e. The Morgan fingerprint density at radius 2 is 2.53 bits per heavy atom. The van der Waals surface area contributed by atoms with Crippen LogP contribution >= 0.6 is 0 Å². The maximum Gasteiger partial charge on any atom is 0.220 e. The van der Waals surface area contributed by atoms with E-state index in [4.69, 9.17) is 0 Å². The molecule has 0 aromatic carbocycles. The third-order valence-corrected chi connectivity index (χ3v) is 3.02. The Balaban J connectivity index is 1.60. The third-order valence-electron chi connectivity index (χ3n) is 3.02. The van der Waals surface area contributed by atoms with Crippen molar-refractivity contribution in [2.75, 3.05) is 19.6 Å². The van der Waals surface area contributed by atoms with Crippen LogP contribution in [0.1, 0.15) is 25.1 Å². The van der Waals surface area contributed by atoms with Gasteiger partial charge in [-0.25, -0.2) is 4.98 Å². The van der Waals surface area contributed by atoms with Gasteiger partial charge in [0.1, 0.15) is 12.2 Å². The number of hydrogen-bond donors (Lipinski definition) is 3. The van der Waals surface area contributed by atoms with Crippen LogP contribution in [0.2, 0.25) is 0 Å². The third kappa shape index (κ3) is 4.14. The molecular formula is C11H19N5O. The lowest BCUT2D eigenvalue weighted by Crippen LogP contribution is -2.34. The molecule has 0 aliphatic carbocycles. The van der Waals surface area contributed by atoms with E-state index in [0.29, 0.717) is 25.3 Å². The number of carbonyl (C=O) groups excluding carboxylic acids is 1. The summed E-state index contributed by atoms with van der Waals surface area (Å²) < 4.78 is 0. The molecule has 1 unspecified atom stereocenters. The number of aromatic nitrogens is 3. The highest BCUT2D eigenvalue weighted by Crippen LogP contribution is 2.13. The quantitative estimate of drug-likeness (QED) is 0.665. The lowest BCUT2D eigenvalue weighted by molar-refractivity contribution is -0.122. The molecule has 0 spiro atoms. The highest BCUT2D eigenvalue weighted by molar-refractivity contribution is 5.76. The van der Waals surface area contributed by atoms with Crippen LogP contribution in [0.4, 0.5) is 0 Å². The zero-order chi connectivity index (χ0) is 11.9. The highest BCUT2D eigenvalue weighted by atomic mass is 16.1. The van der Waals surface area contributed by atoms with Gasteiger partial charge >= 0.3 is 0 Å². The van der Waals surface area contributed by atoms with Crippen molar-refractivity contribution in [1.82, 2.24) is 25.8 Å². The van der Waals surface area contributed by atoms with Gasteiger partial charge in [0.25, 0.3) is 0 Å². The Labute approximate surface area is 101 Å². The number of H-pyrrole nitrogens is 1. The molecule has 1 fully saturated rings. The molecule has 2 rings (SSSR count). The molecule has 6 nitrogen and oxygen atoms in total. The fraction of sp³-hybridized carbons (Fsp3) is 0.727. The fourth-order valence-corrected chi connectivity index (χ4v) is 2.10. The number of nitrogens with one attached hydrogen (secondary N) is 3. The summed E-state index contributed by atoms with van der Waals surface area (Å²) in [5.74, 6) is 1.44. The van der Waals surface area contributed by atoms with Crippen molar-refractivity contribution in [3.05, 3.63) is 12.2 Å². The summed E-state index contributed by atoms with van der Waals surface area (Å²) in [4.78, 5) is 15.7. The maximum absolute atomic E-state index is 11.7. The summed E-state index contributed by atoms with van der Waals surface area (Å²) in [5.41, 5.74) is 0. The highest BCUT2D eigenvalue weighted by Gasteiger charge is 2.16. The van der Waals surface area contributed by atoms with Crippen molar-refractivity contribution >= 4 is 5.91 Å². The number of rotatable bonds is 5. The minimum atomic E-state index is 0.137. The zero-order valence-corrected chi connectivity index (χ0v) is 9.91. The number of carbonyl (C=O) groups is 1. The molecule has 0 bridgehead atoms. The summed E-state index contributed by atoms with van der Waals surface area (Å²) in [6, 6.07) is 0. The van der Waals surface area contributed by atoms with E-state index >= 15 is 0 Å². The van der Waals surface area contributed by atoms with Crippen molar-refractivity contribution in [2.45, 2.75) is 25.7 Å². The monoisotopic (exact) mass is 237 g/mol. The van der Waals surface area contributed by atoms with Crippen LogP contribution in [0, 0.1) is 5.92 Å². The first-order valence-electron chi connectivity index (χ1n) is 6.16. The molecule has 94 valence electrons. The SMILES string of the molecule is O=C(CC1CCCNC1)NCCc1ncn[nH]1. The van der Waals surface area contributed by atoms with Gasteiger partial charge in [-0.15, -0.1) is 0 Å². The average Bonchev–Trinajstić information content (AvgIpc) is 2.83. The molecule has 17 heavy (non-hydrogen) atoms. The Kier molecular flexibility index (Phi) is 4.49. The van der Waals surface area contributed by atoms with Gasteiger partial charge in [0, 0.05) is 19.4 Å². The van der Waals surface area contributed by atoms with Crippen LogP contribution in [0.5, 0.6) is 0 Å². The summed E-state index contributed by atoms with van der Waals surface area (Å²) in [6.45, 7) is 2.67. The summed E-state index contributed by atoms with van der Waals surface area (Å²) >= 11 is 0. The van der Waals surface area contributed by atoms with E-state index in [1.165, 1.54) is 12.7 Å². The summed E-state index contributed by atoms with van der Waals surface area (Å²) in [5, 5.41) is 12.8. The molecule has 2 heterocycles. The second-order valence-corrected chi connectivity index (χ2v) is 4.45. The molecule has 1 aromatic heterocycles. The predicted octanol–water partition coefficient (Wildman–Crippen LogP) is -0.147. The number of piperidine rings is 1. The van der Waals surface area contributed by atoms with Crippen LogP contribution < -0.4 is 10.6 Å². The van der Waals surface area contributed by atoms with Crippen LogP contribution in [-0.2, 0) is 11.2 Å². The largest absolute Gasteiger partial charge is 0.356 e. The Morgan fingerprint density at radius 3 is 3.24 bits per heavy atom. The van der Waals surface area contributed by atoms with E-state index in [-0.39, 0.29) is 5.91 Å². The van der Waals surface area contributed by atoms with Gasteiger partial charge in [0.05, 0.1) is 0 Å². The lowest BCUT2D eigenvalue weighted by atomic mass is 9.96. The van der Waals surface area contributed by atoms with E-state index in [1.54, 1.807) is 0 Å². The van der Waals surface area contributed by atoms with E-state index in [9.17, 15) is 4.79 Å². The van der Waals surface area contributed by atoms with E-state index in [2.05, 4.69) is 25.8 Å². The molecule has 6 heteroatoms. The topological polar surface area (TPSA) is 82.7 Å². The van der Waals surface area contributed by atoms with Crippen LogP contribution in [0.25, 0.3) is 0 Å². The summed E-state index contributed by atoms with van der Waals surface area (Å²) in [7, 11) is 0. The Bertz CT molecular complexity index is 332. The molecule has 3 N–H and O–H groups in total. The van der Waals surface area contributed by atoms with Gasteiger partial charge in [-0.2, -0.15) is 5.10 Å². The Morgan fingerprint density at radius 1 is 1.59 bits per heavy atom. The normalized spacial score (nSPS) is 20.1. The molecule has 1 aliphatic rings. The van der Waals surface area contributed by atoms with Crippen molar-refractivity contribution in [3.63, 3.8) is 0 Å². The van der Waals surface area contributed by atoms with Crippen molar-refractivity contribution in [3.8, 4) is 0 Å². The summed E-state index contributed by atoms with van der Waals surface area (Å²) in [6.07, 6.45) is 5.14. The predicted molar refractivity (Wildman–Crippen MR) is 63.3 cm³/mol. The van der Waals surface area contributed by atoms with Crippen molar-refractivity contribution in [2.24, 2.45) is 5.92 Å². The molecule has 1 aliphatic heterocycles. The lowest BCUT2D eigenvalue weighted by Gasteiger charge is -2.21. The number of aromatic amines is 1. The fourth-order valence-electron chi connectivity index (χ4n) is 2.10. The average molecular weight is 237 g/mol. The maximum atomic E-state index is 11.7. The van der Waals surface area contributed by atoms with E-state index < -0.39 is 0 Å².